The number of rotatable bonds is 8. The largest absolute Gasteiger partial charge is 0.339 e. The van der Waals surface area contributed by atoms with E-state index in [0.717, 1.165) is 46.1 Å². The molecule has 3 aromatic rings. The van der Waals surface area contributed by atoms with Crippen molar-refractivity contribution < 1.29 is 9.59 Å². The van der Waals surface area contributed by atoms with Crippen LogP contribution in [-0.2, 0) is 9.59 Å². The number of aryl methyl sites for hydroxylation is 2. The molecule has 4 heterocycles. The molecule has 42 heavy (non-hydrogen) atoms. The molecule has 1 aromatic carbocycles. The van der Waals surface area contributed by atoms with E-state index in [-0.39, 0.29) is 30.6 Å². The first-order valence-electron chi connectivity index (χ1n) is 14.1. The lowest BCUT2D eigenvalue weighted by Crippen LogP contribution is -2.54. The maximum Gasteiger partial charge on any atom is 0.239 e. The number of halogens is 2. The van der Waals surface area contributed by atoms with Crippen LogP contribution < -0.4 is 11.5 Å². The molecule has 5 rings (SSSR count). The number of unbranched alkanes of at least 4 members (excludes halogenated alkanes) is 1. The summed E-state index contributed by atoms with van der Waals surface area (Å²) < 4.78 is 2.05. The standard InChI is InChI=1S/C29H37ClN8O2S.ClH/c1-17-18(2)41-29-25(17)26(20-7-9-21(30)10-8-20)33-23(27-35-34-19(3)38(27)29)16-24(39)36-12-14-37(15-13-36)28(40)22(32)6-4-5-11-31;/h7-10,22-23H,4-6,11-16,31-32H2,1-3H3;1H/t22?,23-;/m0./s1. The molecule has 10 nitrogen and oxygen atoms in total. The Morgan fingerprint density at radius 2 is 1.71 bits per heavy atom. The number of piperazine rings is 1. The molecule has 0 aliphatic carbocycles. The topological polar surface area (TPSA) is 136 Å². The zero-order chi connectivity index (χ0) is 29.3. The quantitative estimate of drug-likeness (QED) is 0.363. The summed E-state index contributed by atoms with van der Waals surface area (Å²) in [5.74, 6) is 1.32. The summed E-state index contributed by atoms with van der Waals surface area (Å²) >= 11 is 7.89. The Hall–Kier alpha value is -2.83. The first kappa shape index (κ1) is 32.1. The normalized spacial score (nSPS) is 17.1. The molecular formula is C29H38Cl2N8O2S. The van der Waals surface area contributed by atoms with Gasteiger partial charge in [-0.15, -0.1) is 33.9 Å². The van der Waals surface area contributed by atoms with E-state index >= 15 is 0 Å². The predicted octanol–water partition coefficient (Wildman–Crippen LogP) is 3.74. The van der Waals surface area contributed by atoms with Crippen LogP contribution in [0.4, 0.5) is 0 Å². The lowest BCUT2D eigenvalue weighted by atomic mass is 9.99. The van der Waals surface area contributed by atoms with Crippen LogP contribution in [-0.4, -0.2) is 80.9 Å². The Morgan fingerprint density at radius 3 is 2.38 bits per heavy atom. The number of nitrogens with zero attached hydrogens (tertiary/aromatic N) is 6. The van der Waals surface area contributed by atoms with Gasteiger partial charge in [0.05, 0.1) is 18.2 Å². The van der Waals surface area contributed by atoms with Crippen molar-refractivity contribution in [1.29, 1.82) is 0 Å². The second-order valence-corrected chi connectivity index (χ2v) is 12.3. The minimum absolute atomic E-state index is 0. The Balaban J connectivity index is 0.00000405. The summed E-state index contributed by atoms with van der Waals surface area (Å²) in [5, 5.41) is 10.5. The lowest BCUT2D eigenvalue weighted by Gasteiger charge is -2.36. The van der Waals surface area contributed by atoms with Gasteiger partial charge in [0.1, 0.15) is 16.9 Å². The van der Waals surface area contributed by atoms with E-state index in [2.05, 4.69) is 24.0 Å². The first-order valence-corrected chi connectivity index (χ1v) is 15.3. The third kappa shape index (κ3) is 6.40. The zero-order valence-corrected chi connectivity index (χ0v) is 26.6. The number of hydrogen-bond donors (Lipinski definition) is 2. The number of carbonyl (C=O) groups is 2. The summed E-state index contributed by atoms with van der Waals surface area (Å²) in [7, 11) is 0. The second kappa shape index (κ2) is 13.6. The van der Waals surface area contributed by atoms with Gasteiger partial charge in [0.25, 0.3) is 0 Å². The smallest absolute Gasteiger partial charge is 0.239 e. The molecule has 1 saturated heterocycles. The van der Waals surface area contributed by atoms with E-state index in [0.29, 0.717) is 50.0 Å². The van der Waals surface area contributed by atoms with Crippen molar-refractivity contribution in [2.75, 3.05) is 32.7 Å². The third-order valence-corrected chi connectivity index (χ3v) is 9.40. The molecule has 2 aliphatic heterocycles. The minimum atomic E-state index is -0.529. The summed E-state index contributed by atoms with van der Waals surface area (Å²) in [6.45, 7) is 8.56. The molecule has 4 N–H and O–H groups in total. The summed E-state index contributed by atoms with van der Waals surface area (Å²) in [4.78, 5) is 36.4. The van der Waals surface area contributed by atoms with Gasteiger partial charge in [-0.3, -0.25) is 19.1 Å². The van der Waals surface area contributed by atoms with Crippen molar-refractivity contribution in [2.45, 2.75) is 58.5 Å². The fraction of sp³-hybridized carbons (Fsp3) is 0.483. The van der Waals surface area contributed by atoms with Crippen LogP contribution in [0.1, 0.15) is 64.9 Å². The molecule has 2 atom stereocenters. The maximum atomic E-state index is 13.6. The molecule has 1 unspecified atom stereocenters. The number of fused-ring (bicyclic) bond motifs is 3. The van der Waals surface area contributed by atoms with E-state index in [1.807, 2.05) is 40.7 Å². The fourth-order valence-corrected chi connectivity index (χ4v) is 6.81. The van der Waals surface area contributed by atoms with Gasteiger partial charge < -0.3 is 21.3 Å². The number of aliphatic imine (C=N–C) groups is 1. The van der Waals surface area contributed by atoms with Crippen LogP contribution >= 0.6 is 35.3 Å². The van der Waals surface area contributed by atoms with Crippen molar-refractivity contribution in [1.82, 2.24) is 24.6 Å². The van der Waals surface area contributed by atoms with Gasteiger partial charge in [-0.2, -0.15) is 0 Å². The molecule has 13 heteroatoms. The number of nitrogens with two attached hydrogens (primary N) is 2. The number of aromatic nitrogens is 3. The summed E-state index contributed by atoms with van der Waals surface area (Å²) in [6.07, 6.45) is 2.45. The monoisotopic (exact) mass is 632 g/mol. The SMILES string of the molecule is Cc1sc2c(c1C)C(c1ccc(Cl)cc1)=N[C@@H](CC(=O)N1CCN(C(=O)C(N)CCCCN)CC1)c1nnc(C)n1-2.Cl. The number of hydrogen-bond acceptors (Lipinski definition) is 8. The average Bonchev–Trinajstić information content (AvgIpc) is 3.45. The molecule has 0 spiro atoms. The van der Waals surface area contributed by atoms with Gasteiger partial charge in [0.15, 0.2) is 5.82 Å². The number of carbonyl (C=O) groups excluding carboxylic acids is 2. The van der Waals surface area contributed by atoms with Gasteiger partial charge in [-0.1, -0.05) is 30.2 Å². The lowest BCUT2D eigenvalue weighted by molar-refractivity contribution is -0.140. The van der Waals surface area contributed by atoms with Crippen molar-refractivity contribution in [3.05, 3.63) is 62.5 Å². The van der Waals surface area contributed by atoms with E-state index < -0.39 is 12.1 Å². The Labute approximate surface area is 261 Å². The van der Waals surface area contributed by atoms with Crippen LogP contribution in [0, 0.1) is 20.8 Å². The molecule has 2 amide bonds. The zero-order valence-electron chi connectivity index (χ0n) is 24.2. The van der Waals surface area contributed by atoms with Crippen LogP contribution in [0.3, 0.4) is 0 Å². The van der Waals surface area contributed by atoms with Gasteiger partial charge in [-0.25, -0.2) is 0 Å². The summed E-state index contributed by atoms with van der Waals surface area (Å²) in [5.41, 5.74) is 15.6. The Morgan fingerprint density at radius 1 is 1.05 bits per heavy atom. The highest BCUT2D eigenvalue weighted by Gasteiger charge is 2.34. The van der Waals surface area contributed by atoms with E-state index in [4.69, 9.17) is 28.1 Å². The van der Waals surface area contributed by atoms with Crippen molar-refractivity contribution >= 4 is 52.9 Å². The molecule has 0 radical (unpaired) electrons. The van der Waals surface area contributed by atoms with Crippen molar-refractivity contribution in [2.24, 2.45) is 16.5 Å². The predicted molar refractivity (Wildman–Crippen MR) is 169 cm³/mol. The van der Waals surface area contributed by atoms with Gasteiger partial charge >= 0.3 is 0 Å². The number of benzene rings is 1. The number of thiophene rings is 1. The highest BCUT2D eigenvalue weighted by atomic mass is 35.5. The molecule has 2 aliphatic rings. The number of amides is 2. The van der Waals surface area contributed by atoms with Gasteiger partial charge in [0.2, 0.25) is 11.8 Å². The second-order valence-electron chi connectivity index (χ2n) is 10.7. The molecule has 1 fully saturated rings. The van der Waals surface area contributed by atoms with Crippen molar-refractivity contribution in [3.63, 3.8) is 0 Å². The van der Waals surface area contributed by atoms with Crippen molar-refractivity contribution in [3.8, 4) is 5.00 Å². The highest BCUT2D eigenvalue weighted by Crippen LogP contribution is 2.39. The fourth-order valence-electron chi connectivity index (χ4n) is 5.47. The van der Waals surface area contributed by atoms with Gasteiger partial charge in [-0.05, 0) is 57.9 Å². The third-order valence-electron chi connectivity index (χ3n) is 7.96. The molecule has 0 bridgehead atoms. The Bertz CT molecular complexity index is 1460. The molecule has 226 valence electrons. The van der Waals surface area contributed by atoms with Crippen LogP contribution in [0.15, 0.2) is 29.3 Å². The molecule has 2 aromatic heterocycles. The van der Waals surface area contributed by atoms with Crippen LogP contribution in [0.25, 0.3) is 5.00 Å². The average molecular weight is 634 g/mol. The summed E-state index contributed by atoms with van der Waals surface area (Å²) in [6, 6.07) is 6.59. The van der Waals surface area contributed by atoms with E-state index in [1.54, 1.807) is 16.2 Å². The van der Waals surface area contributed by atoms with E-state index in [1.165, 1.54) is 4.88 Å². The first-order chi connectivity index (χ1) is 19.7. The maximum absolute atomic E-state index is 13.6. The minimum Gasteiger partial charge on any atom is -0.339 e. The van der Waals surface area contributed by atoms with E-state index in [9.17, 15) is 9.59 Å². The Kier molecular flexibility index (Phi) is 10.4. The molecular weight excluding hydrogens is 595 g/mol. The van der Waals surface area contributed by atoms with Crippen LogP contribution in [0.2, 0.25) is 5.02 Å². The highest BCUT2D eigenvalue weighted by molar-refractivity contribution is 7.15. The molecule has 0 saturated carbocycles. The van der Waals surface area contributed by atoms with Gasteiger partial charge in [0, 0.05) is 47.2 Å². The van der Waals surface area contributed by atoms with Crippen LogP contribution in [0.5, 0.6) is 0 Å².